The van der Waals surface area contributed by atoms with Crippen molar-refractivity contribution in [1.82, 2.24) is 15.1 Å². The lowest BCUT2D eigenvalue weighted by atomic mass is 10.1. The van der Waals surface area contributed by atoms with Crippen LogP contribution in [-0.2, 0) is 0 Å². The minimum atomic E-state index is -0.914. The van der Waals surface area contributed by atoms with Crippen molar-refractivity contribution >= 4 is 5.91 Å². The van der Waals surface area contributed by atoms with Crippen LogP contribution in [0.1, 0.15) is 27.7 Å². The molecule has 1 N–H and O–H groups in total. The van der Waals surface area contributed by atoms with E-state index in [9.17, 15) is 14.9 Å². The van der Waals surface area contributed by atoms with E-state index < -0.39 is 17.5 Å². The fraction of sp³-hybridized carbons (Fsp3) is 0.176. The lowest BCUT2D eigenvalue weighted by molar-refractivity contribution is 0.0956. The molecule has 2 rings (SSSR count). The SMILES string of the molecule is C#CCNC(=O)c1cc(C)nn(C(C#N)c2ccccc2)c1=O. The summed E-state index contributed by atoms with van der Waals surface area (Å²) in [6.45, 7) is 1.66. The number of aromatic nitrogens is 2. The standard InChI is InChI=1S/C17H14N4O2/c1-3-9-19-16(22)14-10-12(2)20-21(17(14)23)15(11-18)13-7-5-4-6-8-13/h1,4-8,10,15H,9H2,2H3,(H,19,22). The lowest BCUT2D eigenvalue weighted by Crippen LogP contribution is -2.36. The third-order valence-corrected chi connectivity index (χ3v) is 3.13. The Kier molecular flexibility index (Phi) is 4.91. The predicted molar refractivity (Wildman–Crippen MR) is 84.6 cm³/mol. The maximum Gasteiger partial charge on any atom is 0.281 e. The number of benzene rings is 1. The molecule has 0 radical (unpaired) electrons. The summed E-state index contributed by atoms with van der Waals surface area (Å²) in [5.41, 5.74) is 0.335. The van der Waals surface area contributed by atoms with Gasteiger partial charge >= 0.3 is 0 Å². The first kappa shape index (κ1) is 16.0. The van der Waals surface area contributed by atoms with Gasteiger partial charge in [0.25, 0.3) is 11.5 Å². The van der Waals surface area contributed by atoms with Crippen LogP contribution in [0.4, 0.5) is 0 Å². The molecule has 6 heteroatoms. The molecule has 23 heavy (non-hydrogen) atoms. The van der Waals surface area contributed by atoms with Crippen LogP contribution in [-0.4, -0.2) is 22.2 Å². The molecule has 0 fully saturated rings. The highest BCUT2D eigenvalue weighted by atomic mass is 16.2. The van der Waals surface area contributed by atoms with E-state index in [2.05, 4.69) is 16.3 Å². The van der Waals surface area contributed by atoms with Crippen LogP contribution in [0, 0.1) is 30.6 Å². The largest absolute Gasteiger partial charge is 0.341 e. The molecule has 0 bridgehead atoms. The molecule has 2 aromatic rings. The maximum absolute atomic E-state index is 12.5. The number of carbonyl (C=O) groups is 1. The van der Waals surface area contributed by atoms with Crippen molar-refractivity contribution in [2.45, 2.75) is 13.0 Å². The highest BCUT2D eigenvalue weighted by Crippen LogP contribution is 2.15. The molecule has 1 heterocycles. The van der Waals surface area contributed by atoms with E-state index in [4.69, 9.17) is 6.42 Å². The smallest absolute Gasteiger partial charge is 0.281 e. The Morgan fingerprint density at radius 2 is 2.13 bits per heavy atom. The molecule has 1 aromatic carbocycles. The van der Waals surface area contributed by atoms with Crippen molar-refractivity contribution in [2.24, 2.45) is 0 Å². The Labute approximate surface area is 133 Å². The summed E-state index contributed by atoms with van der Waals surface area (Å²) >= 11 is 0. The van der Waals surface area contributed by atoms with Gasteiger partial charge < -0.3 is 5.32 Å². The van der Waals surface area contributed by atoms with Crippen LogP contribution in [0.15, 0.2) is 41.2 Å². The monoisotopic (exact) mass is 306 g/mol. The zero-order chi connectivity index (χ0) is 16.8. The third-order valence-electron chi connectivity index (χ3n) is 3.13. The number of hydrogen-bond acceptors (Lipinski definition) is 4. The van der Waals surface area contributed by atoms with E-state index in [0.717, 1.165) is 4.68 Å². The van der Waals surface area contributed by atoms with Gasteiger partial charge in [-0.1, -0.05) is 36.3 Å². The molecule has 6 nitrogen and oxygen atoms in total. The molecule has 0 aliphatic carbocycles. The average Bonchev–Trinajstić information content (AvgIpc) is 2.57. The molecule has 0 saturated carbocycles. The van der Waals surface area contributed by atoms with E-state index in [1.165, 1.54) is 6.07 Å². The fourth-order valence-electron chi connectivity index (χ4n) is 2.11. The molecule has 0 saturated heterocycles. The van der Waals surface area contributed by atoms with Gasteiger partial charge in [0.15, 0.2) is 6.04 Å². The number of nitriles is 1. The summed E-state index contributed by atoms with van der Waals surface area (Å²) in [4.78, 5) is 24.6. The Morgan fingerprint density at radius 1 is 1.43 bits per heavy atom. The summed E-state index contributed by atoms with van der Waals surface area (Å²) in [7, 11) is 0. The first-order chi connectivity index (χ1) is 11.1. The second-order valence-electron chi connectivity index (χ2n) is 4.78. The van der Waals surface area contributed by atoms with Crippen molar-refractivity contribution in [2.75, 3.05) is 6.54 Å². The second-order valence-corrected chi connectivity index (χ2v) is 4.78. The molecule has 1 unspecified atom stereocenters. The Hall–Kier alpha value is -3.38. The molecule has 0 aliphatic heterocycles. The van der Waals surface area contributed by atoms with Crippen LogP contribution < -0.4 is 10.9 Å². The quantitative estimate of drug-likeness (QED) is 0.855. The highest BCUT2D eigenvalue weighted by molar-refractivity contribution is 5.94. The number of rotatable bonds is 4. The van der Waals surface area contributed by atoms with Crippen LogP contribution >= 0.6 is 0 Å². The summed E-state index contributed by atoms with van der Waals surface area (Å²) in [6, 6.07) is 11.3. The maximum atomic E-state index is 12.5. The number of nitrogens with one attached hydrogen (secondary N) is 1. The van der Waals surface area contributed by atoms with Gasteiger partial charge in [0.1, 0.15) is 5.56 Å². The molecule has 1 aromatic heterocycles. The minimum Gasteiger partial charge on any atom is -0.341 e. The normalized spacial score (nSPS) is 11.1. The van der Waals surface area contributed by atoms with E-state index >= 15 is 0 Å². The topological polar surface area (TPSA) is 87.8 Å². The van der Waals surface area contributed by atoms with Gasteiger partial charge in [0.2, 0.25) is 0 Å². The Morgan fingerprint density at radius 3 is 2.74 bits per heavy atom. The van der Waals surface area contributed by atoms with Crippen molar-refractivity contribution < 1.29 is 4.79 Å². The van der Waals surface area contributed by atoms with Gasteiger partial charge in [-0.2, -0.15) is 10.4 Å². The van der Waals surface area contributed by atoms with Gasteiger partial charge in [-0.25, -0.2) is 4.68 Å². The summed E-state index contributed by atoms with van der Waals surface area (Å²) in [5, 5.41) is 16.0. The van der Waals surface area contributed by atoms with Gasteiger partial charge in [-0.15, -0.1) is 6.42 Å². The Balaban J connectivity index is 2.54. The summed E-state index contributed by atoms with van der Waals surface area (Å²) < 4.78 is 1.02. The molecule has 1 atom stereocenters. The summed E-state index contributed by atoms with van der Waals surface area (Å²) in [5.74, 6) is 1.68. The van der Waals surface area contributed by atoms with Crippen LogP contribution in [0.2, 0.25) is 0 Å². The van der Waals surface area contributed by atoms with Gasteiger partial charge in [-0.3, -0.25) is 9.59 Å². The number of hydrogen-bond donors (Lipinski definition) is 1. The summed E-state index contributed by atoms with van der Waals surface area (Å²) in [6.07, 6.45) is 5.10. The van der Waals surface area contributed by atoms with Crippen LogP contribution in [0.25, 0.3) is 0 Å². The predicted octanol–water partition coefficient (Wildman–Crippen LogP) is 1.03. The molecule has 1 amide bonds. The average molecular weight is 306 g/mol. The number of aryl methyl sites for hydroxylation is 1. The molecule has 0 aliphatic rings. The van der Waals surface area contributed by atoms with Crippen molar-refractivity contribution in [3.05, 3.63) is 63.6 Å². The minimum absolute atomic E-state index is 0.0139. The van der Waals surface area contributed by atoms with Crippen LogP contribution in [0.5, 0.6) is 0 Å². The second kappa shape index (κ2) is 7.06. The van der Waals surface area contributed by atoms with E-state index in [0.29, 0.717) is 11.3 Å². The zero-order valence-electron chi connectivity index (χ0n) is 12.5. The third kappa shape index (κ3) is 3.45. The van der Waals surface area contributed by atoms with Crippen molar-refractivity contribution in [3.63, 3.8) is 0 Å². The van der Waals surface area contributed by atoms with Crippen LogP contribution in [0.3, 0.4) is 0 Å². The zero-order valence-corrected chi connectivity index (χ0v) is 12.5. The van der Waals surface area contributed by atoms with E-state index in [-0.39, 0.29) is 12.1 Å². The number of amides is 1. The van der Waals surface area contributed by atoms with Gasteiger partial charge in [-0.05, 0) is 18.6 Å². The van der Waals surface area contributed by atoms with Crippen molar-refractivity contribution in [1.29, 1.82) is 5.26 Å². The Bertz CT molecular complexity index is 857. The van der Waals surface area contributed by atoms with Crippen molar-refractivity contribution in [3.8, 4) is 18.4 Å². The molecule has 0 spiro atoms. The van der Waals surface area contributed by atoms with Gasteiger partial charge in [0, 0.05) is 0 Å². The van der Waals surface area contributed by atoms with E-state index in [1.807, 2.05) is 12.1 Å². The van der Waals surface area contributed by atoms with E-state index in [1.54, 1.807) is 31.2 Å². The fourth-order valence-corrected chi connectivity index (χ4v) is 2.11. The highest BCUT2D eigenvalue weighted by Gasteiger charge is 2.20. The first-order valence-electron chi connectivity index (χ1n) is 6.85. The molecule has 114 valence electrons. The lowest BCUT2D eigenvalue weighted by Gasteiger charge is -2.14. The first-order valence-corrected chi connectivity index (χ1v) is 6.85. The van der Waals surface area contributed by atoms with Gasteiger partial charge in [0.05, 0.1) is 18.3 Å². The molecular formula is C17H14N4O2. The molecular weight excluding hydrogens is 292 g/mol. The number of terminal acetylenes is 1. The number of nitrogens with zero attached hydrogens (tertiary/aromatic N) is 3. The number of carbonyl (C=O) groups excluding carboxylic acids is 1.